The number of anilines is 1. The number of aliphatic hydroxyl groups excluding tert-OH is 1. The van der Waals surface area contributed by atoms with Crippen molar-refractivity contribution in [3.8, 4) is 5.75 Å². The number of aryl methyl sites for hydroxylation is 1. The summed E-state index contributed by atoms with van der Waals surface area (Å²) < 4.78 is 0. The highest BCUT2D eigenvalue weighted by atomic mass is 16.3. The number of aromatic hydroxyl groups is 1. The first-order chi connectivity index (χ1) is 9.61. The highest BCUT2D eigenvalue weighted by Crippen LogP contribution is 2.21. The molecular weight excluding hydrogens is 250 g/mol. The molecule has 0 bridgehead atoms. The molecule has 3 heteroatoms. The van der Waals surface area contributed by atoms with E-state index >= 15 is 0 Å². The Bertz CT molecular complexity index is 524. The van der Waals surface area contributed by atoms with Crippen LogP contribution in [0, 0.1) is 0 Å². The molecule has 0 aliphatic carbocycles. The van der Waals surface area contributed by atoms with Gasteiger partial charge in [0.1, 0.15) is 5.75 Å². The summed E-state index contributed by atoms with van der Waals surface area (Å²) in [5, 5.41) is 22.3. The SMILES string of the molecule is CC(CO)(CCc1ccc(O)cc1)Nc1ccccc1. The van der Waals surface area contributed by atoms with Crippen molar-refractivity contribution < 1.29 is 10.2 Å². The third-order valence-corrected chi connectivity index (χ3v) is 3.47. The molecule has 2 aromatic rings. The molecule has 0 spiro atoms. The molecular formula is C17H21NO2. The van der Waals surface area contributed by atoms with Gasteiger partial charge < -0.3 is 15.5 Å². The summed E-state index contributed by atoms with van der Waals surface area (Å²) in [6, 6.07) is 17.1. The van der Waals surface area contributed by atoms with Gasteiger partial charge in [0.05, 0.1) is 12.1 Å². The second-order valence-electron chi connectivity index (χ2n) is 5.38. The Balaban J connectivity index is 1.98. The van der Waals surface area contributed by atoms with Crippen LogP contribution in [0.1, 0.15) is 18.9 Å². The molecule has 0 heterocycles. The van der Waals surface area contributed by atoms with Crippen molar-refractivity contribution in [3.63, 3.8) is 0 Å². The average molecular weight is 271 g/mol. The molecule has 3 nitrogen and oxygen atoms in total. The van der Waals surface area contributed by atoms with E-state index in [1.54, 1.807) is 12.1 Å². The van der Waals surface area contributed by atoms with E-state index in [0.717, 1.165) is 24.1 Å². The van der Waals surface area contributed by atoms with Crippen LogP contribution in [0.3, 0.4) is 0 Å². The van der Waals surface area contributed by atoms with Crippen LogP contribution in [0.5, 0.6) is 5.75 Å². The Kier molecular flexibility index (Phi) is 4.64. The first-order valence-electron chi connectivity index (χ1n) is 6.83. The van der Waals surface area contributed by atoms with E-state index in [9.17, 15) is 10.2 Å². The standard InChI is InChI=1S/C17H21NO2/c1-17(13-19,18-15-5-3-2-4-6-15)12-11-14-7-9-16(20)10-8-14/h2-10,18-20H,11-13H2,1H3. The summed E-state index contributed by atoms with van der Waals surface area (Å²) in [7, 11) is 0. The number of benzene rings is 2. The summed E-state index contributed by atoms with van der Waals surface area (Å²) >= 11 is 0. The van der Waals surface area contributed by atoms with Crippen molar-refractivity contribution in [2.24, 2.45) is 0 Å². The van der Waals surface area contributed by atoms with Crippen molar-refractivity contribution in [2.75, 3.05) is 11.9 Å². The van der Waals surface area contributed by atoms with Gasteiger partial charge in [-0.15, -0.1) is 0 Å². The molecule has 0 saturated carbocycles. The van der Waals surface area contributed by atoms with Crippen LogP contribution in [-0.4, -0.2) is 22.4 Å². The summed E-state index contributed by atoms with van der Waals surface area (Å²) in [4.78, 5) is 0. The fourth-order valence-electron chi connectivity index (χ4n) is 2.13. The van der Waals surface area contributed by atoms with Crippen molar-refractivity contribution in [2.45, 2.75) is 25.3 Å². The van der Waals surface area contributed by atoms with E-state index < -0.39 is 0 Å². The molecule has 0 aliphatic rings. The predicted octanol–water partition coefficient (Wildman–Crippen LogP) is 3.19. The lowest BCUT2D eigenvalue weighted by Gasteiger charge is -2.30. The predicted molar refractivity (Wildman–Crippen MR) is 82.0 cm³/mol. The van der Waals surface area contributed by atoms with Gasteiger partial charge in [0, 0.05) is 5.69 Å². The summed E-state index contributed by atoms with van der Waals surface area (Å²) in [6.07, 6.45) is 1.65. The van der Waals surface area contributed by atoms with Gasteiger partial charge >= 0.3 is 0 Å². The average Bonchev–Trinajstić information content (AvgIpc) is 2.48. The van der Waals surface area contributed by atoms with Gasteiger partial charge in [-0.25, -0.2) is 0 Å². The number of phenolic OH excluding ortho intramolecular Hbond substituents is 1. The second-order valence-corrected chi connectivity index (χ2v) is 5.38. The highest BCUT2D eigenvalue weighted by Gasteiger charge is 2.22. The van der Waals surface area contributed by atoms with Gasteiger partial charge in [-0.05, 0) is 49.6 Å². The zero-order chi connectivity index (χ0) is 14.4. The maximum absolute atomic E-state index is 9.67. The summed E-state index contributed by atoms with van der Waals surface area (Å²) in [6.45, 7) is 2.08. The Morgan fingerprint density at radius 3 is 2.25 bits per heavy atom. The first kappa shape index (κ1) is 14.4. The van der Waals surface area contributed by atoms with Crippen LogP contribution in [0.2, 0.25) is 0 Å². The number of rotatable bonds is 6. The van der Waals surface area contributed by atoms with Crippen LogP contribution in [0.4, 0.5) is 5.69 Å². The van der Waals surface area contributed by atoms with E-state index in [1.165, 1.54) is 0 Å². The van der Waals surface area contributed by atoms with Crippen LogP contribution < -0.4 is 5.32 Å². The molecule has 0 saturated heterocycles. The molecule has 0 radical (unpaired) electrons. The third kappa shape index (κ3) is 4.00. The van der Waals surface area contributed by atoms with Crippen molar-refractivity contribution in [1.29, 1.82) is 0 Å². The largest absolute Gasteiger partial charge is 0.508 e. The van der Waals surface area contributed by atoms with Crippen LogP contribution in [-0.2, 0) is 6.42 Å². The molecule has 0 aromatic heterocycles. The van der Waals surface area contributed by atoms with Crippen molar-refractivity contribution >= 4 is 5.69 Å². The summed E-state index contributed by atoms with van der Waals surface area (Å²) in [5.74, 6) is 0.279. The Hall–Kier alpha value is -2.00. The Labute approximate surface area is 119 Å². The zero-order valence-corrected chi connectivity index (χ0v) is 11.7. The normalized spacial score (nSPS) is 13.7. The molecule has 2 rings (SSSR count). The lowest BCUT2D eigenvalue weighted by Crippen LogP contribution is -2.39. The molecule has 0 amide bonds. The van der Waals surface area contributed by atoms with Gasteiger partial charge in [-0.3, -0.25) is 0 Å². The fraction of sp³-hybridized carbons (Fsp3) is 0.294. The first-order valence-corrected chi connectivity index (χ1v) is 6.83. The molecule has 0 fully saturated rings. The minimum Gasteiger partial charge on any atom is -0.508 e. The summed E-state index contributed by atoms with van der Waals surface area (Å²) in [5.41, 5.74) is 1.80. The van der Waals surface area contributed by atoms with Gasteiger partial charge in [-0.2, -0.15) is 0 Å². The van der Waals surface area contributed by atoms with Gasteiger partial charge in [0.25, 0.3) is 0 Å². The lowest BCUT2D eigenvalue weighted by atomic mass is 9.93. The van der Waals surface area contributed by atoms with Crippen molar-refractivity contribution in [3.05, 3.63) is 60.2 Å². The minimum atomic E-state index is -0.362. The molecule has 2 aromatic carbocycles. The third-order valence-electron chi connectivity index (χ3n) is 3.47. The van der Waals surface area contributed by atoms with E-state index in [0.29, 0.717) is 0 Å². The molecule has 106 valence electrons. The maximum Gasteiger partial charge on any atom is 0.115 e. The van der Waals surface area contributed by atoms with Gasteiger partial charge in [0.15, 0.2) is 0 Å². The van der Waals surface area contributed by atoms with Crippen LogP contribution >= 0.6 is 0 Å². The Morgan fingerprint density at radius 1 is 1.00 bits per heavy atom. The quantitative estimate of drug-likeness (QED) is 0.756. The zero-order valence-electron chi connectivity index (χ0n) is 11.7. The second kappa shape index (κ2) is 6.44. The van der Waals surface area contributed by atoms with E-state index in [-0.39, 0.29) is 17.9 Å². The number of para-hydroxylation sites is 1. The molecule has 1 atom stereocenters. The van der Waals surface area contributed by atoms with Crippen molar-refractivity contribution in [1.82, 2.24) is 0 Å². The van der Waals surface area contributed by atoms with Gasteiger partial charge in [-0.1, -0.05) is 30.3 Å². The van der Waals surface area contributed by atoms with E-state index in [1.807, 2.05) is 49.4 Å². The molecule has 0 aliphatic heterocycles. The van der Waals surface area contributed by atoms with E-state index in [4.69, 9.17) is 0 Å². The molecule has 3 N–H and O–H groups in total. The van der Waals surface area contributed by atoms with Gasteiger partial charge in [0.2, 0.25) is 0 Å². The Morgan fingerprint density at radius 2 is 1.65 bits per heavy atom. The monoisotopic (exact) mass is 271 g/mol. The van der Waals surface area contributed by atoms with E-state index in [2.05, 4.69) is 5.32 Å². The smallest absolute Gasteiger partial charge is 0.115 e. The fourth-order valence-corrected chi connectivity index (χ4v) is 2.13. The van der Waals surface area contributed by atoms with Crippen LogP contribution in [0.25, 0.3) is 0 Å². The number of hydrogen-bond donors (Lipinski definition) is 3. The topological polar surface area (TPSA) is 52.5 Å². The number of aliphatic hydroxyl groups is 1. The minimum absolute atomic E-state index is 0.0694. The number of hydrogen-bond acceptors (Lipinski definition) is 3. The lowest BCUT2D eigenvalue weighted by molar-refractivity contribution is 0.215. The molecule has 1 unspecified atom stereocenters. The number of phenols is 1. The molecule has 20 heavy (non-hydrogen) atoms. The van der Waals surface area contributed by atoms with Crippen LogP contribution in [0.15, 0.2) is 54.6 Å². The maximum atomic E-state index is 9.67. The number of nitrogens with one attached hydrogen (secondary N) is 1. The highest BCUT2D eigenvalue weighted by molar-refractivity contribution is 5.45.